The summed E-state index contributed by atoms with van der Waals surface area (Å²) in [6, 6.07) is 0. The quantitative estimate of drug-likeness (QED) is 0.636. The first-order valence-corrected chi connectivity index (χ1v) is 4.31. The molecule has 0 spiro atoms. The lowest BCUT2D eigenvalue weighted by Crippen LogP contribution is -2.23. The maximum Gasteiger partial charge on any atom is 0.490 e. The van der Waals surface area contributed by atoms with E-state index in [9.17, 15) is 13.2 Å². The number of carboxylic acids is 1. The third kappa shape index (κ3) is 2.60. The fraction of sp³-hybridized carbons (Fsp3) is 0.875. The Bertz CT molecular complexity index is 239. The summed E-state index contributed by atoms with van der Waals surface area (Å²) in [5.41, 5.74) is 0.611. The van der Waals surface area contributed by atoms with Crippen molar-refractivity contribution in [3.05, 3.63) is 0 Å². The Hall–Kier alpha value is -0.780. The molecule has 0 bridgehead atoms. The SMILES string of the molecule is C[C@@]12C[C@@H]1CCN2.O=C(O)C(F)(F)F. The molecule has 0 radical (unpaired) electrons. The number of hydrogen-bond donors (Lipinski definition) is 2. The van der Waals surface area contributed by atoms with Crippen LogP contribution in [0.3, 0.4) is 0 Å². The average molecular weight is 211 g/mol. The van der Waals surface area contributed by atoms with Gasteiger partial charge in [0.05, 0.1) is 0 Å². The maximum atomic E-state index is 10.6. The van der Waals surface area contributed by atoms with Gasteiger partial charge in [0.1, 0.15) is 0 Å². The molecule has 82 valence electrons. The van der Waals surface area contributed by atoms with Crippen LogP contribution in [0.5, 0.6) is 0 Å². The molecule has 14 heavy (non-hydrogen) atoms. The summed E-state index contributed by atoms with van der Waals surface area (Å²) in [4.78, 5) is 8.90. The summed E-state index contributed by atoms with van der Waals surface area (Å²) < 4.78 is 31.7. The molecule has 0 aromatic rings. The summed E-state index contributed by atoms with van der Waals surface area (Å²) in [6.45, 7) is 3.59. The lowest BCUT2D eigenvalue weighted by atomic mass is 10.3. The monoisotopic (exact) mass is 211 g/mol. The second-order valence-electron chi connectivity index (χ2n) is 3.84. The Morgan fingerprint density at radius 3 is 2.14 bits per heavy atom. The first kappa shape index (κ1) is 11.3. The number of fused-ring (bicyclic) bond motifs is 1. The normalized spacial score (nSPS) is 34.1. The number of nitrogens with one attached hydrogen (secondary N) is 1. The summed E-state index contributed by atoms with van der Waals surface area (Å²) in [6.07, 6.45) is -2.22. The van der Waals surface area contributed by atoms with E-state index in [2.05, 4.69) is 12.2 Å². The molecule has 0 unspecified atom stereocenters. The lowest BCUT2D eigenvalue weighted by molar-refractivity contribution is -0.192. The van der Waals surface area contributed by atoms with E-state index in [4.69, 9.17) is 9.90 Å². The second-order valence-corrected chi connectivity index (χ2v) is 3.84. The van der Waals surface area contributed by atoms with Crippen LogP contribution >= 0.6 is 0 Å². The number of halogens is 3. The molecule has 2 atom stereocenters. The molecule has 6 heteroatoms. The number of rotatable bonds is 0. The molecule has 3 nitrogen and oxygen atoms in total. The molecule has 0 amide bonds. The minimum atomic E-state index is -5.08. The van der Waals surface area contributed by atoms with Crippen LogP contribution in [0, 0.1) is 5.92 Å². The van der Waals surface area contributed by atoms with Crippen LogP contribution in [0.15, 0.2) is 0 Å². The van der Waals surface area contributed by atoms with Crippen molar-refractivity contribution in [3.63, 3.8) is 0 Å². The molecule has 1 saturated carbocycles. The number of aliphatic carboxylic acids is 1. The Morgan fingerprint density at radius 2 is 2.07 bits per heavy atom. The summed E-state index contributed by atoms with van der Waals surface area (Å²) >= 11 is 0. The zero-order valence-electron chi connectivity index (χ0n) is 7.69. The van der Waals surface area contributed by atoms with E-state index < -0.39 is 12.1 Å². The van der Waals surface area contributed by atoms with Crippen molar-refractivity contribution in [1.82, 2.24) is 5.32 Å². The largest absolute Gasteiger partial charge is 0.490 e. The number of hydrogen-bond acceptors (Lipinski definition) is 2. The van der Waals surface area contributed by atoms with Crippen molar-refractivity contribution < 1.29 is 23.1 Å². The predicted octanol–water partition coefficient (Wildman–Crippen LogP) is 1.39. The van der Waals surface area contributed by atoms with Crippen molar-refractivity contribution in [2.75, 3.05) is 6.54 Å². The minimum Gasteiger partial charge on any atom is -0.475 e. The van der Waals surface area contributed by atoms with Gasteiger partial charge < -0.3 is 10.4 Å². The molecule has 1 aliphatic carbocycles. The van der Waals surface area contributed by atoms with E-state index in [0.717, 1.165) is 5.92 Å². The van der Waals surface area contributed by atoms with Crippen LogP contribution < -0.4 is 5.32 Å². The summed E-state index contributed by atoms with van der Waals surface area (Å²) in [5.74, 6) is -1.71. The second kappa shape index (κ2) is 3.42. The van der Waals surface area contributed by atoms with E-state index in [0.29, 0.717) is 5.54 Å². The molecule has 2 rings (SSSR count). The fourth-order valence-electron chi connectivity index (χ4n) is 1.62. The van der Waals surface area contributed by atoms with Gasteiger partial charge in [-0.3, -0.25) is 0 Å². The van der Waals surface area contributed by atoms with Gasteiger partial charge in [-0.1, -0.05) is 0 Å². The van der Waals surface area contributed by atoms with Crippen molar-refractivity contribution in [2.45, 2.75) is 31.5 Å². The van der Waals surface area contributed by atoms with Crippen molar-refractivity contribution >= 4 is 5.97 Å². The topological polar surface area (TPSA) is 49.3 Å². The molecule has 1 saturated heterocycles. The highest BCUT2D eigenvalue weighted by Crippen LogP contribution is 2.48. The van der Waals surface area contributed by atoms with Gasteiger partial charge in [-0.15, -0.1) is 0 Å². The molecular formula is C8H12F3NO2. The van der Waals surface area contributed by atoms with Crippen LogP contribution in [-0.4, -0.2) is 29.3 Å². The van der Waals surface area contributed by atoms with Gasteiger partial charge in [-0.05, 0) is 32.2 Å². The highest BCUT2D eigenvalue weighted by Gasteiger charge is 2.52. The standard InChI is InChI=1S/C6H11N.C2HF3O2/c1-6-4-5(6)2-3-7-6;3-2(4,5)1(6)7/h5,7H,2-4H2,1H3;(H,6,7)/t5-,6+;/m0./s1. The van der Waals surface area contributed by atoms with Gasteiger partial charge >= 0.3 is 12.1 Å². The highest BCUT2D eigenvalue weighted by atomic mass is 19.4. The van der Waals surface area contributed by atoms with E-state index in [1.807, 2.05) is 0 Å². The lowest BCUT2D eigenvalue weighted by Gasteiger charge is -2.01. The first-order chi connectivity index (χ1) is 6.26. The smallest absolute Gasteiger partial charge is 0.475 e. The van der Waals surface area contributed by atoms with Crippen molar-refractivity contribution in [3.8, 4) is 0 Å². The molecule has 2 fully saturated rings. The molecule has 2 N–H and O–H groups in total. The zero-order chi connectivity index (χ0) is 11.0. The number of piperidine rings is 1. The van der Waals surface area contributed by atoms with Crippen molar-refractivity contribution in [1.29, 1.82) is 0 Å². The highest BCUT2D eigenvalue weighted by molar-refractivity contribution is 5.73. The van der Waals surface area contributed by atoms with Crippen molar-refractivity contribution in [2.24, 2.45) is 5.92 Å². The molecule has 0 aromatic carbocycles. The molecule has 1 heterocycles. The molecular weight excluding hydrogens is 199 g/mol. The fourth-order valence-corrected chi connectivity index (χ4v) is 1.62. The van der Waals surface area contributed by atoms with Gasteiger partial charge in [-0.2, -0.15) is 13.2 Å². The Balaban J connectivity index is 0.000000140. The maximum absolute atomic E-state index is 10.6. The number of alkyl halides is 3. The number of carboxylic acid groups (broad SMARTS) is 1. The van der Waals surface area contributed by atoms with Gasteiger partial charge in [-0.25, -0.2) is 4.79 Å². The summed E-state index contributed by atoms with van der Waals surface area (Å²) in [5, 5.41) is 10.6. The summed E-state index contributed by atoms with van der Waals surface area (Å²) in [7, 11) is 0. The Labute approximate surface area is 79.3 Å². The zero-order valence-corrected chi connectivity index (χ0v) is 7.69. The first-order valence-electron chi connectivity index (χ1n) is 4.31. The van der Waals surface area contributed by atoms with Crippen LogP contribution in [-0.2, 0) is 4.79 Å². The molecule has 2 aliphatic rings. The molecule has 1 aliphatic heterocycles. The average Bonchev–Trinajstić information content (AvgIpc) is 2.50. The van der Waals surface area contributed by atoms with E-state index in [1.165, 1.54) is 19.4 Å². The van der Waals surface area contributed by atoms with E-state index in [1.54, 1.807) is 0 Å². The van der Waals surface area contributed by atoms with Gasteiger partial charge in [0.15, 0.2) is 0 Å². The third-order valence-corrected chi connectivity index (χ3v) is 2.68. The minimum absolute atomic E-state index is 0.611. The van der Waals surface area contributed by atoms with Gasteiger partial charge in [0.25, 0.3) is 0 Å². The predicted molar refractivity (Wildman–Crippen MR) is 42.8 cm³/mol. The number of carbonyl (C=O) groups is 1. The van der Waals surface area contributed by atoms with E-state index in [-0.39, 0.29) is 0 Å². The van der Waals surface area contributed by atoms with Crippen LogP contribution in [0.1, 0.15) is 19.8 Å². The van der Waals surface area contributed by atoms with E-state index >= 15 is 0 Å². The molecule has 0 aromatic heterocycles. The van der Waals surface area contributed by atoms with Crippen LogP contribution in [0.25, 0.3) is 0 Å². The Morgan fingerprint density at radius 1 is 1.57 bits per heavy atom. The third-order valence-electron chi connectivity index (χ3n) is 2.68. The van der Waals surface area contributed by atoms with Gasteiger partial charge in [0.2, 0.25) is 0 Å². The van der Waals surface area contributed by atoms with Crippen LogP contribution in [0.2, 0.25) is 0 Å². The Kier molecular flexibility index (Phi) is 2.76. The van der Waals surface area contributed by atoms with Gasteiger partial charge in [0, 0.05) is 5.54 Å². The van der Waals surface area contributed by atoms with Crippen LogP contribution in [0.4, 0.5) is 13.2 Å².